The number of rotatable bonds is 8. The van der Waals surface area contributed by atoms with Gasteiger partial charge in [-0.15, -0.1) is 0 Å². The second kappa shape index (κ2) is 13.4. The molecule has 0 saturated carbocycles. The molecule has 0 atom stereocenters. The molecule has 10 aromatic rings. The minimum absolute atomic E-state index is 1.13. The van der Waals surface area contributed by atoms with Crippen LogP contribution in [0.25, 0.3) is 54.6 Å². The van der Waals surface area contributed by atoms with Gasteiger partial charge in [-0.05, 0) is 116 Å². The van der Waals surface area contributed by atoms with E-state index in [2.05, 4.69) is 228 Å². The SMILES string of the molecule is c1ccc(N(c2ccccc2)c2ccc(-c3ccc(-c4ccc5ccc6c(N(c7ccccc7)c7ccccc7)ccc7ccc4c5c76)cc3)cc2)cc1. The van der Waals surface area contributed by atoms with Gasteiger partial charge in [0, 0.05) is 33.8 Å². The summed E-state index contributed by atoms with van der Waals surface area (Å²) in [7, 11) is 0. The molecular weight excluding hydrogens is 653 g/mol. The molecule has 54 heavy (non-hydrogen) atoms. The predicted octanol–water partition coefficient (Wildman–Crippen LogP) is 14.9. The number of para-hydroxylation sites is 4. The van der Waals surface area contributed by atoms with Gasteiger partial charge in [0.25, 0.3) is 0 Å². The molecule has 0 saturated heterocycles. The third-order valence-electron chi connectivity index (χ3n) is 10.6. The second-order valence-corrected chi connectivity index (χ2v) is 13.8. The maximum Gasteiger partial charge on any atom is 0.0540 e. The van der Waals surface area contributed by atoms with Crippen LogP contribution in [0.2, 0.25) is 0 Å². The van der Waals surface area contributed by atoms with Gasteiger partial charge in [-0.1, -0.05) is 152 Å². The van der Waals surface area contributed by atoms with E-state index in [0.717, 1.165) is 28.4 Å². The topological polar surface area (TPSA) is 6.48 Å². The Kier molecular flexibility index (Phi) is 7.85. The molecule has 0 aliphatic rings. The fraction of sp³-hybridized carbons (Fsp3) is 0. The van der Waals surface area contributed by atoms with Gasteiger partial charge >= 0.3 is 0 Å². The number of anilines is 6. The molecule has 0 N–H and O–H groups in total. The number of nitrogens with zero attached hydrogens (tertiary/aromatic N) is 2. The Hall–Kier alpha value is -7.16. The molecule has 0 fully saturated rings. The van der Waals surface area contributed by atoms with Gasteiger partial charge in [0.1, 0.15) is 0 Å². The molecule has 0 amide bonds. The Labute approximate surface area is 315 Å². The summed E-state index contributed by atoms with van der Waals surface area (Å²) in [6, 6.07) is 78.7. The molecule has 0 aliphatic heterocycles. The number of benzene rings is 10. The minimum Gasteiger partial charge on any atom is -0.311 e. The number of hydrogen-bond acceptors (Lipinski definition) is 2. The van der Waals surface area contributed by atoms with Gasteiger partial charge in [-0.2, -0.15) is 0 Å². The lowest BCUT2D eigenvalue weighted by Crippen LogP contribution is -2.10. The van der Waals surface area contributed by atoms with Gasteiger partial charge in [0.05, 0.1) is 5.69 Å². The molecule has 254 valence electrons. The lowest BCUT2D eigenvalue weighted by atomic mass is 9.89. The first kappa shape index (κ1) is 31.6. The third kappa shape index (κ3) is 5.53. The van der Waals surface area contributed by atoms with Crippen molar-refractivity contribution in [2.75, 3.05) is 9.80 Å². The highest BCUT2D eigenvalue weighted by Gasteiger charge is 2.19. The molecule has 0 spiro atoms. The summed E-state index contributed by atoms with van der Waals surface area (Å²) >= 11 is 0. The highest BCUT2D eigenvalue weighted by molar-refractivity contribution is 6.27. The summed E-state index contributed by atoms with van der Waals surface area (Å²) in [6.45, 7) is 0. The molecule has 0 aliphatic carbocycles. The molecule has 0 heterocycles. The Morgan fingerprint density at radius 2 is 0.611 bits per heavy atom. The van der Waals surface area contributed by atoms with E-state index < -0.39 is 0 Å². The van der Waals surface area contributed by atoms with Crippen LogP contribution in [0.5, 0.6) is 0 Å². The average molecular weight is 689 g/mol. The van der Waals surface area contributed by atoms with E-state index in [1.807, 2.05) is 0 Å². The third-order valence-corrected chi connectivity index (χ3v) is 10.6. The van der Waals surface area contributed by atoms with E-state index in [1.165, 1.54) is 60.3 Å². The van der Waals surface area contributed by atoms with Gasteiger partial charge in [0.15, 0.2) is 0 Å². The molecule has 0 bridgehead atoms. The first-order chi connectivity index (χ1) is 26.8. The van der Waals surface area contributed by atoms with Crippen molar-refractivity contribution >= 4 is 66.4 Å². The van der Waals surface area contributed by atoms with E-state index in [0.29, 0.717) is 0 Å². The van der Waals surface area contributed by atoms with Crippen molar-refractivity contribution in [2.24, 2.45) is 0 Å². The average Bonchev–Trinajstić information content (AvgIpc) is 3.25. The zero-order valence-corrected chi connectivity index (χ0v) is 29.7. The Balaban J connectivity index is 1.03. The summed E-state index contributed by atoms with van der Waals surface area (Å²) in [5.41, 5.74) is 11.7. The lowest BCUT2D eigenvalue weighted by molar-refractivity contribution is 1.28. The summed E-state index contributed by atoms with van der Waals surface area (Å²) in [6.07, 6.45) is 0. The molecule has 2 nitrogen and oxygen atoms in total. The van der Waals surface area contributed by atoms with Crippen LogP contribution in [0.4, 0.5) is 34.1 Å². The fourth-order valence-electron chi connectivity index (χ4n) is 8.06. The molecular formula is C52H36N2. The first-order valence-electron chi connectivity index (χ1n) is 18.5. The van der Waals surface area contributed by atoms with E-state index in [9.17, 15) is 0 Å². The van der Waals surface area contributed by atoms with Crippen molar-refractivity contribution in [2.45, 2.75) is 0 Å². The maximum atomic E-state index is 2.37. The highest BCUT2D eigenvalue weighted by atomic mass is 15.1. The summed E-state index contributed by atoms with van der Waals surface area (Å²) in [5.74, 6) is 0. The van der Waals surface area contributed by atoms with Crippen LogP contribution in [0.1, 0.15) is 0 Å². The van der Waals surface area contributed by atoms with Gasteiger partial charge < -0.3 is 9.80 Å². The van der Waals surface area contributed by atoms with E-state index in [4.69, 9.17) is 0 Å². The van der Waals surface area contributed by atoms with Gasteiger partial charge in [-0.3, -0.25) is 0 Å². The molecule has 10 aromatic carbocycles. The maximum absolute atomic E-state index is 2.37. The van der Waals surface area contributed by atoms with E-state index in [-0.39, 0.29) is 0 Å². The highest BCUT2D eigenvalue weighted by Crippen LogP contribution is 2.45. The van der Waals surface area contributed by atoms with Gasteiger partial charge in [-0.25, -0.2) is 0 Å². The smallest absolute Gasteiger partial charge is 0.0540 e. The van der Waals surface area contributed by atoms with Crippen molar-refractivity contribution in [1.82, 2.24) is 0 Å². The van der Waals surface area contributed by atoms with Crippen LogP contribution in [0.3, 0.4) is 0 Å². The Morgan fingerprint density at radius 3 is 1.13 bits per heavy atom. The van der Waals surface area contributed by atoms with Crippen LogP contribution < -0.4 is 9.80 Å². The fourth-order valence-corrected chi connectivity index (χ4v) is 8.06. The molecule has 0 aromatic heterocycles. The van der Waals surface area contributed by atoms with Crippen LogP contribution >= 0.6 is 0 Å². The standard InChI is InChI=1S/C52H36N2/c1-5-13-42(14-6-1)53(43-15-7-2-8-16-43)46-31-25-38(26-32-46)37-21-23-39(24-22-37)47-33-27-40-29-35-49-50(36-30-41-28-34-48(47)51(40)52(41)49)54(44-17-9-3-10-18-44)45-19-11-4-12-20-45/h1-36H. The first-order valence-corrected chi connectivity index (χ1v) is 18.5. The van der Waals surface area contributed by atoms with Crippen molar-refractivity contribution in [1.29, 1.82) is 0 Å². The predicted molar refractivity (Wildman–Crippen MR) is 230 cm³/mol. The Morgan fingerprint density at radius 1 is 0.241 bits per heavy atom. The second-order valence-electron chi connectivity index (χ2n) is 13.8. The molecule has 10 rings (SSSR count). The number of hydrogen-bond donors (Lipinski definition) is 0. The summed E-state index contributed by atoms with van der Waals surface area (Å²) < 4.78 is 0. The Bertz CT molecular complexity index is 2750. The normalized spacial score (nSPS) is 11.3. The van der Waals surface area contributed by atoms with Crippen molar-refractivity contribution in [3.8, 4) is 22.3 Å². The van der Waals surface area contributed by atoms with Crippen molar-refractivity contribution in [3.63, 3.8) is 0 Å². The lowest BCUT2D eigenvalue weighted by Gasteiger charge is -2.27. The summed E-state index contributed by atoms with van der Waals surface area (Å²) in [5, 5.41) is 7.64. The quantitative estimate of drug-likeness (QED) is 0.147. The molecule has 2 heteroatoms. The van der Waals surface area contributed by atoms with Gasteiger partial charge in [0.2, 0.25) is 0 Å². The van der Waals surface area contributed by atoms with Crippen molar-refractivity contribution in [3.05, 3.63) is 218 Å². The largest absolute Gasteiger partial charge is 0.311 e. The van der Waals surface area contributed by atoms with Crippen LogP contribution in [0.15, 0.2) is 218 Å². The zero-order chi connectivity index (χ0) is 35.8. The van der Waals surface area contributed by atoms with E-state index >= 15 is 0 Å². The van der Waals surface area contributed by atoms with Crippen molar-refractivity contribution < 1.29 is 0 Å². The van der Waals surface area contributed by atoms with Crippen LogP contribution in [-0.2, 0) is 0 Å². The summed E-state index contributed by atoms with van der Waals surface area (Å²) in [4.78, 5) is 4.67. The monoisotopic (exact) mass is 688 g/mol. The van der Waals surface area contributed by atoms with Crippen LogP contribution in [-0.4, -0.2) is 0 Å². The minimum atomic E-state index is 1.13. The molecule has 0 radical (unpaired) electrons. The van der Waals surface area contributed by atoms with E-state index in [1.54, 1.807) is 0 Å². The van der Waals surface area contributed by atoms with Crippen LogP contribution in [0, 0.1) is 0 Å². The zero-order valence-electron chi connectivity index (χ0n) is 29.7. The molecule has 0 unspecified atom stereocenters.